The molecule has 0 radical (unpaired) electrons. The van der Waals surface area contributed by atoms with Gasteiger partial charge in [0.05, 0.1) is 19.0 Å². The Kier molecular flexibility index (Phi) is 6.92. The van der Waals surface area contributed by atoms with Crippen molar-refractivity contribution in [3.63, 3.8) is 0 Å². The largest absolute Gasteiger partial charge is 0.336 e. The molecule has 7 heteroatoms. The number of aryl methyl sites for hydroxylation is 1. The summed E-state index contributed by atoms with van der Waals surface area (Å²) in [6, 6.07) is 13.2. The summed E-state index contributed by atoms with van der Waals surface area (Å²) in [5.41, 5.74) is 3.82. The van der Waals surface area contributed by atoms with Gasteiger partial charge in [0.15, 0.2) is 0 Å². The first-order valence-corrected chi connectivity index (χ1v) is 10.7. The number of rotatable bonds is 5. The molecule has 3 rings (SSSR count). The van der Waals surface area contributed by atoms with Crippen molar-refractivity contribution in [1.29, 1.82) is 0 Å². The highest BCUT2D eigenvalue weighted by molar-refractivity contribution is 9.10. The quantitative estimate of drug-likeness (QED) is 0.722. The average Bonchev–Trinajstić information content (AvgIpc) is 2.70. The van der Waals surface area contributed by atoms with Crippen molar-refractivity contribution >= 4 is 39.3 Å². The van der Waals surface area contributed by atoms with E-state index in [0.717, 1.165) is 22.0 Å². The van der Waals surface area contributed by atoms with Crippen LogP contribution in [0.3, 0.4) is 0 Å². The van der Waals surface area contributed by atoms with Crippen LogP contribution in [0.4, 0.5) is 5.69 Å². The molecule has 0 saturated heterocycles. The van der Waals surface area contributed by atoms with Gasteiger partial charge in [-0.2, -0.15) is 0 Å². The van der Waals surface area contributed by atoms with E-state index in [-0.39, 0.29) is 36.7 Å². The molecule has 0 aliphatic carbocycles. The molecule has 1 heterocycles. The van der Waals surface area contributed by atoms with Crippen molar-refractivity contribution in [3.05, 3.63) is 63.6 Å². The number of hydrogen-bond donors (Lipinski definition) is 1. The van der Waals surface area contributed by atoms with E-state index in [4.69, 9.17) is 0 Å². The highest BCUT2D eigenvalue weighted by atomic mass is 79.9. The van der Waals surface area contributed by atoms with Gasteiger partial charge in [-0.3, -0.25) is 14.4 Å². The maximum atomic E-state index is 12.9. The maximum Gasteiger partial charge on any atom is 0.243 e. The molecule has 2 aromatic carbocycles. The minimum atomic E-state index is -0.306. The van der Waals surface area contributed by atoms with Crippen molar-refractivity contribution in [2.75, 3.05) is 25.5 Å². The zero-order chi connectivity index (χ0) is 21.8. The van der Waals surface area contributed by atoms with Gasteiger partial charge in [0.25, 0.3) is 0 Å². The van der Waals surface area contributed by atoms with Crippen LogP contribution in [0.25, 0.3) is 0 Å². The second-order valence-electron chi connectivity index (χ2n) is 7.64. The Morgan fingerprint density at radius 2 is 1.93 bits per heavy atom. The standard InChI is InChI=1S/C23H26BrN3O3/c1-15-12-18(24)8-9-20(15)25-22(29)14-26(3)23(30)13-21-19-7-5-4-6-17(19)10-11-27(21)16(2)28/h4-9,12,21H,10-11,13-14H2,1-3H3,(H,25,29). The molecule has 2 aromatic rings. The van der Waals surface area contributed by atoms with Crippen molar-refractivity contribution in [3.8, 4) is 0 Å². The number of benzene rings is 2. The van der Waals surface area contributed by atoms with E-state index in [0.29, 0.717) is 12.2 Å². The van der Waals surface area contributed by atoms with Gasteiger partial charge in [0.2, 0.25) is 17.7 Å². The summed E-state index contributed by atoms with van der Waals surface area (Å²) in [6.45, 7) is 3.98. The van der Waals surface area contributed by atoms with Crippen LogP contribution in [0.2, 0.25) is 0 Å². The molecule has 1 aliphatic heterocycles. The van der Waals surface area contributed by atoms with Crippen LogP contribution in [-0.2, 0) is 20.8 Å². The summed E-state index contributed by atoms with van der Waals surface area (Å²) < 4.78 is 0.938. The Morgan fingerprint density at radius 3 is 2.63 bits per heavy atom. The van der Waals surface area contributed by atoms with E-state index < -0.39 is 0 Å². The van der Waals surface area contributed by atoms with Crippen LogP contribution >= 0.6 is 15.9 Å². The number of halogens is 1. The van der Waals surface area contributed by atoms with Gasteiger partial charge >= 0.3 is 0 Å². The molecular formula is C23H26BrN3O3. The summed E-state index contributed by atoms with van der Waals surface area (Å²) in [5, 5.41) is 2.85. The fourth-order valence-corrected chi connectivity index (χ4v) is 4.31. The lowest BCUT2D eigenvalue weighted by atomic mass is 9.90. The second kappa shape index (κ2) is 9.43. The zero-order valence-electron chi connectivity index (χ0n) is 17.4. The molecule has 0 fully saturated rings. The monoisotopic (exact) mass is 471 g/mol. The Labute approximate surface area is 185 Å². The van der Waals surface area contributed by atoms with Crippen LogP contribution in [0.15, 0.2) is 46.9 Å². The minimum Gasteiger partial charge on any atom is -0.336 e. The van der Waals surface area contributed by atoms with Gasteiger partial charge in [0, 0.05) is 30.7 Å². The molecule has 1 aliphatic rings. The number of nitrogens with one attached hydrogen (secondary N) is 1. The van der Waals surface area contributed by atoms with Gasteiger partial charge in [0.1, 0.15) is 0 Å². The molecule has 1 unspecified atom stereocenters. The van der Waals surface area contributed by atoms with Gasteiger partial charge < -0.3 is 15.1 Å². The number of nitrogens with zero attached hydrogens (tertiary/aromatic N) is 2. The third kappa shape index (κ3) is 5.08. The topological polar surface area (TPSA) is 69.7 Å². The predicted molar refractivity (Wildman–Crippen MR) is 120 cm³/mol. The molecule has 0 spiro atoms. The molecule has 0 saturated carbocycles. The smallest absolute Gasteiger partial charge is 0.243 e. The lowest BCUT2D eigenvalue weighted by molar-refractivity contribution is -0.137. The maximum absolute atomic E-state index is 12.9. The van der Waals surface area contributed by atoms with Crippen molar-refractivity contribution in [1.82, 2.24) is 9.80 Å². The van der Waals surface area contributed by atoms with E-state index in [1.807, 2.05) is 49.4 Å². The molecule has 1 N–H and O–H groups in total. The number of carbonyl (C=O) groups is 3. The number of amides is 3. The molecule has 0 aromatic heterocycles. The molecular weight excluding hydrogens is 446 g/mol. The van der Waals surface area contributed by atoms with Gasteiger partial charge in [-0.05, 0) is 48.2 Å². The summed E-state index contributed by atoms with van der Waals surface area (Å²) >= 11 is 3.40. The predicted octanol–water partition coefficient (Wildman–Crippen LogP) is 3.69. The van der Waals surface area contributed by atoms with E-state index in [9.17, 15) is 14.4 Å². The fourth-order valence-electron chi connectivity index (χ4n) is 3.83. The van der Waals surface area contributed by atoms with E-state index in [2.05, 4.69) is 21.2 Å². The van der Waals surface area contributed by atoms with Crippen LogP contribution < -0.4 is 5.32 Å². The van der Waals surface area contributed by atoms with Gasteiger partial charge in [-0.1, -0.05) is 40.2 Å². The van der Waals surface area contributed by atoms with Crippen LogP contribution in [0.1, 0.15) is 36.1 Å². The first-order valence-electron chi connectivity index (χ1n) is 9.91. The first-order chi connectivity index (χ1) is 14.3. The second-order valence-corrected chi connectivity index (χ2v) is 8.55. The number of fused-ring (bicyclic) bond motifs is 1. The lowest BCUT2D eigenvalue weighted by Gasteiger charge is -2.37. The zero-order valence-corrected chi connectivity index (χ0v) is 19.0. The Hall–Kier alpha value is -2.67. The van der Waals surface area contributed by atoms with Crippen molar-refractivity contribution in [2.24, 2.45) is 0 Å². The lowest BCUT2D eigenvalue weighted by Crippen LogP contribution is -2.42. The fraction of sp³-hybridized carbons (Fsp3) is 0.348. The molecule has 1 atom stereocenters. The minimum absolute atomic E-state index is 0.0478. The molecule has 3 amide bonds. The van der Waals surface area contributed by atoms with E-state index in [1.165, 1.54) is 17.4 Å². The van der Waals surface area contributed by atoms with Gasteiger partial charge in [-0.15, -0.1) is 0 Å². The average molecular weight is 472 g/mol. The molecule has 158 valence electrons. The summed E-state index contributed by atoms with van der Waals surface area (Å²) in [5.74, 6) is -0.484. The molecule has 30 heavy (non-hydrogen) atoms. The molecule has 0 bridgehead atoms. The highest BCUT2D eigenvalue weighted by Crippen LogP contribution is 2.32. The number of carbonyl (C=O) groups excluding carboxylic acids is 3. The number of hydrogen-bond acceptors (Lipinski definition) is 3. The van der Waals surface area contributed by atoms with Crippen LogP contribution in [-0.4, -0.2) is 47.7 Å². The molecule has 6 nitrogen and oxygen atoms in total. The SMILES string of the molecule is CC(=O)N1CCc2ccccc2C1CC(=O)N(C)CC(=O)Nc1ccc(Br)cc1C. The Morgan fingerprint density at radius 1 is 1.20 bits per heavy atom. The van der Waals surface area contributed by atoms with Crippen molar-refractivity contribution in [2.45, 2.75) is 32.7 Å². The first kappa shape index (κ1) is 22.0. The summed E-state index contributed by atoms with van der Waals surface area (Å²) in [4.78, 5) is 40.6. The normalized spacial score (nSPS) is 15.3. The third-order valence-corrected chi connectivity index (χ3v) is 5.95. The number of likely N-dealkylation sites (N-methyl/N-ethyl adjacent to an activating group) is 1. The van der Waals surface area contributed by atoms with Crippen LogP contribution in [0, 0.1) is 6.92 Å². The van der Waals surface area contributed by atoms with E-state index in [1.54, 1.807) is 11.9 Å². The summed E-state index contributed by atoms with van der Waals surface area (Å²) in [7, 11) is 1.61. The third-order valence-electron chi connectivity index (χ3n) is 5.45. The Bertz CT molecular complexity index is 976. The van der Waals surface area contributed by atoms with Crippen molar-refractivity contribution < 1.29 is 14.4 Å². The van der Waals surface area contributed by atoms with Crippen LogP contribution in [0.5, 0.6) is 0 Å². The van der Waals surface area contributed by atoms with Gasteiger partial charge in [-0.25, -0.2) is 0 Å². The summed E-state index contributed by atoms with van der Waals surface area (Å²) in [6.07, 6.45) is 0.933. The highest BCUT2D eigenvalue weighted by Gasteiger charge is 2.31. The number of anilines is 1. The van der Waals surface area contributed by atoms with E-state index >= 15 is 0 Å². The Balaban J connectivity index is 1.66.